The fraction of sp³-hybridized carbons (Fsp3) is 0.571. The summed E-state index contributed by atoms with van der Waals surface area (Å²) in [6.07, 6.45) is 2.05. The molecule has 11 nitrogen and oxygen atoms in total. The van der Waals surface area contributed by atoms with E-state index in [-0.39, 0.29) is 36.0 Å². The number of anilines is 1. The van der Waals surface area contributed by atoms with Crippen molar-refractivity contribution in [1.82, 2.24) is 24.3 Å². The molecule has 2 aromatic rings. The van der Waals surface area contributed by atoms with E-state index in [9.17, 15) is 14.4 Å². The molecule has 1 aromatic carbocycles. The van der Waals surface area contributed by atoms with Crippen LogP contribution in [0.25, 0.3) is 5.69 Å². The van der Waals surface area contributed by atoms with E-state index in [1.165, 1.54) is 22.9 Å². The minimum absolute atomic E-state index is 0. The van der Waals surface area contributed by atoms with Gasteiger partial charge in [-0.3, -0.25) is 19.6 Å². The van der Waals surface area contributed by atoms with Gasteiger partial charge in [-0.15, -0.1) is 12.4 Å². The highest BCUT2D eigenvalue weighted by Gasteiger charge is 2.55. The van der Waals surface area contributed by atoms with E-state index in [0.29, 0.717) is 61.6 Å². The molecule has 3 fully saturated rings. The maximum atomic E-state index is 15.1. The number of hydrogen-bond donors (Lipinski definition) is 3. The van der Waals surface area contributed by atoms with Crippen molar-refractivity contribution in [3.8, 4) is 5.69 Å². The van der Waals surface area contributed by atoms with Gasteiger partial charge >= 0.3 is 11.7 Å². The summed E-state index contributed by atoms with van der Waals surface area (Å²) in [5.74, 6) is 1.60. The van der Waals surface area contributed by atoms with Crippen LogP contribution in [0.15, 0.2) is 35.3 Å². The summed E-state index contributed by atoms with van der Waals surface area (Å²) in [5, 5.41) is 2.64. The van der Waals surface area contributed by atoms with Crippen LogP contribution in [0.4, 0.5) is 15.0 Å². The Morgan fingerprint density at radius 3 is 2.32 bits per heavy atom. The molecule has 3 aliphatic rings. The molecule has 1 aliphatic carbocycles. The molecule has 2 saturated heterocycles. The smallest absolute Gasteiger partial charge is 0.338 e. The topological polar surface area (TPSA) is 143 Å². The second-order valence-electron chi connectivity index (χ2n) is 11.9. The average Bonchev–Trinajstić information content (AvgIpc) is 3.38. The van der Waals surface area contributed by atoms with Crippen molar-refractivity contribution in [3.05, 3.63) is 52.3 Å². The molecule has 3 unspecified atom stereocenters. The second-order valence-corrected chi connectivity index (χ2v) is 11.9. The van der Waals surface area contributed by atoms with Gasteiger partial charge < -0.3 is 21.3 Å². The highest BCUT2D eigenvalue weighted by Crippen LogP contribution is 2.51. The Kier molecular flexibility index (Phi) is 9.07. The number of urea groups is 1. The van der Waals surface area contributed by atoms with E-state index < -0.39 is 17.3 Å². The molecule has 5 rings (SSSR count). The molecule has 224 valence electrons. The minimum Gasteiger partial charge on any atom is -0.338 e. The Morgan fingerprint density at radius 2 is 1.76 bits per heavy atom. The summed E-state index contributed by atoms with van der Waals surface area (Å²) in [6.45, 7) is 9.65. The number of piperidine rings is 1. The molecule has 1 aromatic heterocycles. The molecule has 3 atom stereocenters. The Morgan fingerprint density at radius 1 is 1.12 bits per heavy atom. The van der Waals surface area contributed by atoms with Gasteiger partial charge in [0.15, 0.2) is 0 Å². The Labute approximate surface area is 245 Å². The second kappa shape index (κ2) is 12.0. The highest BCUT2D eigenvalue weighted by molar-refractivity contribution is 5.89. The van der Waals surface area contributed by atoms with E-state index in [4.69, 9.17) is 11.5 Å². The van der Waals surface area contributed by atoms with Gasteiger partial charge in [0, 0.05) is 51.5 Å². The molecule has 41 heavy (non-hydrogen) atoms. The molecule has 3 amide bonds. The summed E-state index contributed by atoms with van der Waals surface area (Å²) in [5.41, 5.74) is 11.1. The SMILES string of the molecule is CC(Cc1ccc(-n2ccc(NC(=O)N3CCN(C(=O)C(C)(C)N)CC3)nc2=O)cc1F)N1CC2C(CN)C2C1.Cl. The number of halogens is 2. The first-order chi connectivity index (χ1) is 19.0. The lowest BCUT2D eigenvalue weighted by molar-refractivity contribution is -0.137. The maximum absolute atomic E-state index is 15.1. The lowest BCUT2D eigenvalue weighted by Gasteiger charge is -2.37. The number of piperazine rings is 1. The number of rotatable bonds is 7. The maximum Gasteiger partial charge on any atom is 0.354 e. The van der Waals surface area contributed by atoms with Gasteiger partial charge in [-0.1, -0.05) is 6.07 Å². The molecule has 2 aliphatic heterocycles. The number of amides is 3. The lowest BCUT2D eigenvalue weighted by Crippen LogP contribution is -2.58. The number of likely N-dealkylation sites (tertiary alicyclic amines) is 1. The largest absolute Gasteiger partial charge is 0.354 e. The summed E-state index contributed by atoms with van der Waals surface area (Å²) in [6, 6.07) is 6.08. The highest BCUT2D eigenvalue weighted by atomic mass is 35.5. The Hall–Kier alpha value is -3.06. The van der Waals surface area contributed by atoms with Crippen LogP contribution in [0.3, 0.4) is 0 Å². The Bertz CT molecular complexity index is 1330. The van der Waals surface area contributed by atoms with Gasteiger partial charge in [-0.25, -0.2) is 14.0 Å². The first kappa shape index (κ1) is 30.9. The van der Waals surface area contributed by atoms with Crippen LogP contribution >= 0.6 is 12.4 Å². The summed E-state index contributed by atoms with van der Waals surface area (Å²) < 4.78 is 16.3. The van der Waals surface area contributed by atoms with Crippen molar-refractivity contribution in [2.75, 3.05) is 51.1 Å². The average molecular weight is 591 g/mol. The monoisotopic (exact) mass is 590 g/mol. The van der Waals surface area contributed by atoms with Gasteiger partial charge in [0.2, 0.25) is 5.91 Å². The molecule has 0 spiro atoms. The zero-order valence-electron chi connectivity index (χ0n) is 23.8. The standard InChI is InChI=1S/C28H39FN8O3.ClH/c1-17(36-15-21-20(14-30)22(21)16-36)12-18-4-5-19(13-23(18)29)37-7-6-24(33-27(37)40)32-26(39)35-10-8-34(9-11-35)25(38)28(2,3)31;/h4-7,13,17,20-22H,8-12,14-16,30-31H2,1-3H3,(H,32,33,39,40);1H. The molecule has 13 heteroatoms. The van der Waals surface area contributed by atoms with Crippen molar-refractivity contribution < 1.29 is 14.0 Å². The lowest BCUT2D eigenvalue weighted by atomic mass is 10.0. The van der Waals surface area contributed by atoms with Crippen molar-refractivity contribution in [2.45, 2.75) is 38.8 Å². The van der Waals surface area contributed by atoms with Gasteiger partial charge in [0.25, 0.3) is 0 Å². The van der Waals surface area contributed by atoms with Crippen molar-refractivity contribution in [2.24, 2.45) is 29.2 Å². The number of hydrogen-bond acceptors (Lipinski definition) is 7. The number of nitrogens with zero attached hydrogens (tertiary/aromatic N) is 5. The third kappa shape index (κ3) is 6.56. The number of carbonyl (C=O) groups is 2. The zero-order chi connectivity index (χ0) is 28.8. The van der Waals surface area contributed by atoms with Crippen molar-refractivity contribution in [3.63, 3.8) is 0 Å². The molecule has 0 radical (unpaired) electrons. The van der Waals surface area contributed by atoms with Gasteiger partial charge in [0.05, 0.1) is 11.2 Å². The minimum atomic E-state index is -0.969. The first-order valence-corrected chi connectivity index (χ1v) is 13.9. The predicted octanol–water partition coefficient (Wildman–Crippen LogP) is 1.27. The fourth-order valence-electron chi connectivity index (χ4n) is 6.07. The van der Waals surface area contributed by atoms with E-state index in [2.05, 4.69) is 22.1 Å². The van der Waals surface area contributed by atoms with E-state index >= 15 is 4.39 Å². The summed E-state index contributed by atoms with van der Waals surface area (Å²) in [7, 11) is 0. The fourth-order valence-corrected chi connectivity index (χ4v) is 6.07. The first-order valence-electron chi connectivity index (χ1n) is 13.9. The normalized spacial score (nSPS) is 23.0. The number of benzene rings is 1. The molecule has 0 bridgehead atoms. The van der Waals surface area contributed by atoms with Crippen LogP contribution in [0.2, 0.25) is 0 Å². The molecule has 3 heterocycles. The number of nitrogens with one attached hydrogen (secondary N) is 1. The summed E-state index contributed by atoms with van der Waals surface area (Å²) in [4.78, 5) is 47.4. The Balaban J connectivity index is 0.00000387. The number of fused-ring (bicyclic) bond motifs is 1. The summed E-state index contributed by atoms with van der Waals surface area (Å²) >= 11 is 0. The van der Waals surface area contributed by atoms with Crippen LogP contribution in [-0.4, -0.2) is 93.6 Å². The van der Waals surface area contributed by atoms with Gasteiger partial charge in [0.1, 0.15) is 11.6 Å². The third-order valence-corrected chi connectivity index (χ3v) is 8.57. The quantitative estimate of drug-likeness (QED) is 0.441. The molecular weight excluding hydrogens is 551 g/mol. The van der Waals surface area contributed by atoms with Crippen LogP contribution in [0.5, 0.6) is 0 Å². The van der Waals surface area contributed by atoms with Crippen LogP contribution in [0, 0.1) is 23.6 Å². The zero-order valence-corrected chi connectivity index (χ0v) is 24.6. The number of nitrogens with two attached hydrogens (primary N) is 2. The van der Waals surface area contributed by atoms with E-state index in [1.54, 1.807) is 35.8 Å². The number of carbonyl (C=O) groups excluding carboxylic acids is 2. The van der Waals surface area contributed by atoms with Crippen LogP contribution in [0.1, 0.15) is 26.3 Å². The predicted molar refractivity (Wildman–Crippen MR) is 157 cm³/mol. The van der Waals surface area contributed by atoms with Crippen LogP contribution < -0.4 is 22.5 Å². The molecule has 5 N–H and O–H groups in total. The van der Waals surface area contributed by atoms with E-state index in [1.807, 2.05) is 0 Å². The molecule has 1 saturated carbocycles. The van der Waals surface area contributed by atoms with Crippen LogP contribution in [-0.2, 0) is 11.2 Å². The van der Waals surface area contributed by atoms with E-state index in [0.717, 1.165) is 19.6 Å². The van der Waals surface area contributed by atoms with Crippen molar-refractivity contribution in [1.29, 1.82) is 0 Å². The molecular formula is C28H40ClFN8O3. The number of aromatic nitrogens is 2. The third-order valence-electron chi connectivity index (χ3n) is 8.57. The van der Waals surface area contributed by atoms with Gasteiger partial charge in [-0.2, -0.15) is 4.98 Å². The van der Waals surface area contributed by atoms with Crippen molar-refractivity contribution >= 4 is 30.2 Å². The van der Waals surface area contributed by atoms with Gasteiger partial charge in [-0.05, 0) is 75.3 Å².